The molecule has 1 atom stereocenters. The molecular formula is C21H24N2S. The molecule has 0 N–H and O–H groups in total. The van der Waals surface area contributed by atoms with E-state index in [1.165, 1.54) is 40.7 Å². The van der Waals surface area contributed by atoms with E-state index in [1.807, 2.05) is 11.3 Å². The average Bonchev–Trinajstić information content (AvgIpc) is 3.10. The van der Waals surface area contributed by atoms with Gasteiger partial charge in [-0.3, -0.25) is 0 Å². The number of rotatable bonds is 1. The Morgan fingerprint density at radius 3 is 2.88 bits per heavy atom. The molecule has 0 spiro atoms. The van der Waals surface area contributed by atoms with Gasteiger partial charge in [-0.05, 0) is 61.5 Å². The van der Waals surface area contributed by atoms with Gasteiger partial charge in [0.15, 0.2) is 0 Å². The Labute approximate surface area is 147 Å². The molecule has 4 heterocycles. The molecular weight excluding hydrogens is 312 g/mol. The van der Waals surface area contributed by atoms with Crippen molar-refractivity contribution in [2.24, 2.45) is 0 Å². The van der Waals surface area contributed by atoms with Crippen LogP contribution < -0.4 is 0 Å². The molecule has 1 aromatic carbocycles. The largest absolute Gasteiger partial charge is 0.343 e. The smallest absolute Gasteiger partial charge is 0.0519 e. The quantitative estimate of drug-likeness (QED) is 0.628. The normalized spacial score (nSPS) is 20.5. The van der Waals surface area contributed by atoms with Gasteiger partial charge in [-0.15, -0.1) is 11.3 Å². The Kier molecular flexibility index (Phi) is 3.20. The Morgan fingerprint density at radius 1 is 1.21 bits per heavy atom. The van der Waals surface area contributed by atoms with Gasteiger partial charge in [0.05, 0.1) is 5.52 Å². The predicted molar refractivity (Wildman–Crippen MR) is 102 cm³/mol. The molecule has 0 saturated carbocycles. The second-order valence-corrected chi connectivity index (χ2v) is 8.80. The molecule has 2 aliphatic heterocycles. The number of nitrogens with zero attached hydrogens (tertiary/aromatic N) is 2. The highest BCUT2D eigenvalue weighted by Gasteiger charge is 2.30. The summed E-state index contributed by atoms with van der Waals surface area (Å²) in [6.45, 7) is 7.97. The molecule has 0 amide bonds. The molecule has 0 aliphatic carbocycles. The van der Waals surface area contributed by atoms with Gasteiger partial charge in [0, 0.05) is 47.9 Å². The maximum absolute atomic E-state index is 2.68. The van der Waals surface area contributed by atoms with Crippen molar-refractivity contribution in [3.05, 3.63) is 56.4 Å². The van der Waals surface area contributed by atoms with Crippen molar-refractivity contribution in [1.29, 1.82) is 0 Å². The number of aromatic nitrogens is 1. The number of aryl methyl sites for hydroxylation is 2. The van der Waals surface area contributed by atoms with Crippen LogP contribution in [0.4, 0.5) is 0 Å². The van der Waals surface area contributed by atoms with Crippen LogP contribution in [0.15, 0.2) is 23.6 Å². The maximum atomic E-state index is 2.68. The molecule has 2 aromatic heterocycles. The first-order valence-electron chi connectivity index (χ1n) is 8.98. The molecule has 0 saturated heterocycles. The summed E-state index contributed by atoms with van der Waals surface area (Å²) >= 11 is 1.89. The second-order valence-electron chi connectivity index (χ2n) is 7.68. The van der Waals surface area contributed by atoms with Crippen LogP contribution in [0.1, 0.15) is 38.7 Å². The summed E-state index contributed by atoms with van der Waals surface area (Å²) in [5.41, 5.74) is 9.26. The number of hydrogen-bond acceptors (Lipinski definition) is 2. The van der Waals surface area contributed by atoms with Crippen molar-refractivity contribution in [3.63, 3.8) is 0 Å². The highest BCUT2D eigenvalue weighted by atomic mass is 32.1. The number of fused-ring (bicyclic) bond motifs is 3. The van der Waals surface area contributed by atoms with Crippen molar-refractivity contribution in [2.75, 3.05) is 13.6 Å². The number of likely N-dealkylation sites (N-methyl/N-ethyl adjacent to an activating group) is 1. The third-order valence-electron chi connectivity index (χ3n) is 5.97. The predicted octanol–water partition coefficient (Wildman–Crippen LogP) is 4.65. The minimum absolute atomic E-state index is 0.630. The molecule has 1 unspecified atom stereocenters. The minimum Gasteiger partial charge on any atom is -0.343 e. The zero-order chi connectivity index (χ0) is 16.4. The highest BCUT2D eigenvalue weighted by Crippen LogP contribution is 2.41. The summed E-state index contributed by atoms with van der Waals surface area (Å²) in [4.78, 5) is 3.96. The van der Waals surface area contributed by atoms with Gasteiger partial charge >= 0.3 is 0 Å². The molecule has 2 nitrogen and oxygen atoms in total. The first-order chi connectivity index (χ1) is 11.6. The summed E-state index contributed by atoms with van der Waals surface area (Å²) < 4.78 is 2.68. The Bertz CT molecular complexity index is 947. The van der Waals surface area contributed by atoms with E-state index in [4.69, 9.17) is 0 Å². The molecule has 24 heavy (non-hydrogen) atoms. The standard InChI is InChI=1S/C21H24N2S/c1-13-8-15-10-16(17-5-7-24-14(17)2)11-23-20-4-6-22(3)12-19(20)18(9-13)21(15)23/h5,7-9,16H,4,6,10-12H2,1-3H3. The summed E-state index contributed by atoms with van der Waals surface area (Å²) in [6, 6.07) is 7.21. The van der Waals surface area contributed by atoms with E-state index in [9.17, 15) is 0 Å². The van der Waals surface area contributed by atoms with Crippen LogP contribution in [-0.2, 0) is 25.9 Å². The van der Waals surface area contributed by atoms with E-state index >= 15 is 0 Å². The van der Waals surface area contributed by atoms with Crippen LogP contribution in [0, 0.1) is 13.8 Å². The Morgan fingerprint density at radius 2 is 2.08 bits per heavy atom. The van der Waals surface area contributed by atoms with Gasteiger partial charge < -0.3 is 9.47 Å². The van der Waals surface area contributed by atoms with E-state index in [0.29, 0.717) is 5.92 Å². The van der Waals surface area contributed by atoms with Crippen LogP contribution in [0.25, 0.3) is 10.9 Å². The lowest BCUT2D eigenvalue weighted by molar-refractivity contribution is 0.308. The van der Waals surface area contributed by atoms with Crippen LogP contribution in [0.3, 0.4) is 0 Å². The third-order valence-corrected chi connectivity index (χ3v) is 6.83. The van der Waals surface area contributed by atoms with Crippen LogP contribution in [0.2, 0.25) is 0 Å². The highest BCUT2D eigenvalue weighted by molar-refractivity contribution is 7.10. The second kappa shape index (κ2) is 5.21. The SMILES string of the molecule is Cc1cc2c3c(c1)c1c(n3CC(c3ccsc3C)C2)CCN(C)C1. The molecule has 0 fully saturated rings. The van der Waals surface area contributed by atoms with Gasteiger partial charge in [0.2, 0.25) is 0 Å². The average molecular weight is 337 g/mol. The maximum Gasteiger partial charge on any atom is 0.0519 e. The van der Waals surface area contributed by atoms with Gasteiger partial charge in [-0.25, -0.2) is 0 Å². The van der Waals surface area contributed by atoms with E-state index < -0.39 is 0 Å². The molecule has 2 aliphatic rings. The molecule has 5 rings (SSSR count). The Balaban J connectivity index is 1.73. The molecule has 0 bridgehead atoms. The van der Waals surface area contributed by atoms with Gasteiger partial charge in [0.25, 0.3) is 0 Å². The summed E-state index contributed by atoms with van der Waals surface area (Å²) in [6.07, 6.45) is 2.38. The van der Waals surface area contributed by atoms with E-state index in [0.717, 1.165) is 13.1 Å². The van der Waals surface area contributed by atoms with Gasteiger partial charge in [-0.2, -0.15) is 0 Å². The number of thiophene rings is 1. The summed E-state index contributed by atoms with van der Waals surface area (Å²) in [5, 5.41) is 3.78. The first kappa shape index (κ1) is 14.7. The number of hydrogen-bond donors (Lipinski definition) is 0. The van der Waals surface area contributed by atoms with Crippen molar-refractivity contribution in [1.82, 2.24) is 9.47 Å². The molecule has 0 radical (unpaired) electrons. The van der Waals surface area contributed by atoms with Crippen LogP contribution >= 0.6 is 11.3 Å². The third kappa shape index (κ3) is 2.04. The zero-order valence-electron chi connectivity index (χ0n) is 14.7. The van der Waals surface area contributed by atoms with Crippen molar-refractivity contribution >= 4 is 22.2 Å². The Hall–Kier alpha value is -1.58. The molecule has 124 valence electrons. The van der Waals surface area contributed by atoms with Crippen LogP contribution in [0.5, 0.6) is 0 Å². The molecule has 3 heteroatoms. The monoisotopic (exact) mass is 336 g/mol. The number of benzene rings is 1. The minimum atomic E-state index is 0.630. The van der Waals surface area contributed by atoms with Crippen molar-refractivity contribution in [2.45, 2.75) is 45.7 Å². The molecule has 3 aromatic rings. The van der Waals surface area contributed by atoms with E-state index in [2.05, 4.69) is 53.9 Å². The van der Waals surface area contributed by atoms with Crippen molar-refractivity contribution in [3.8, 4) is 0 Å². The lowest BCUT2D eigenvalue weighted by atomic mass is 9.88. The van der Waals surface area contributed by atoms with E-state index in [-0.39, 0.29) is 0 Å². The fraction of sp³-hybridized carbons (Fsp3) is 0.429. The fourth-order valence-corrected chi connectivity index (χ4v) is 5.69. The fourth-order valence-electron chi connectivity index (χ4n) is 4.90. The lowest BCUT2D eigenvalue weighted by Gasteiger charge is -2.28. The summed E-state index contributed by atoms with van der Waals surface area (Å²) in [5.74, 6) is 0.630. The summed E-state index contributed by atoms with van der Waals surface area (Å²) in [7, 11) is 2.25. The van der Waals surface area contributed by atoms with Gasteiger partial charge in [0.1, 0.15) is 0 Å². The lowest BCUT2D eigenvalue weighted by Crippen LogP contribution is -2.28. The topological polar surface area (TPSA) is 8.17 Å². The van der Waals surface area contributed by atoms with Crippen molar-refractivity contribution < 1.29 is 0 Å². The first-order valence-corrected chi connectivity index (χ1v) is 9.86. The van der Waals surface area contributed by atoms with Crippen LogP contribution in [-0.4, -0.2) is 23.1 Å². The zero-order valence-corrected chi connectivity index (χ0v) is 15.5. The van der Waals surface area contributed by atoms with E-state index in [1.54, 1.807) is 22.4 Å². The van der Waals surface area contributed by atoms with Gasteiger partial charge in [-0.1, -0.05) is 11.6 Å².